The second-order valence-corrected chi connectivity index (χ2v) is 6.17. The maximum Gasteiger partial charge on any atom is 0.251 e. The van der Waals surface area contributed by atoms with Crippen molar-refractivity contribution in [1.29, 1.82) is 0 Å². The zero-order valence-electron chi connectivity index (χ0n) is 10.9. The molecule has 1 amide bonds. The molecule has 0 aliphatic rings. The number of nitrogens with one attached hydrogen (secondary N) is 1. The van der Waals surface area contributed by atoms with Gasteiger partial charge in [0.15, 0.2) is 9.84 Å². The minimum atomic E-state index is -3.25. The second kappa shape index (κ2) is 6.65. The number of carbonyl (C=O) groups excluding carboxylic acids is 1. The number of sulfone groups is 1. The Morgan fingerprint density at radius 3 is 2.37 bits per heavy atom. The minimum absolute atomic E-state index is 0.177. The van der Waals surface area contributed by atoms with Crippen LogP contribution in [0.25, 0.3) is 0 Å². The molecule has 1 unspecified atom stereocenters. The summed E-state index contributed by atoms with van der Waals surface area (Å²) in [6.07, 6.45) is 1.12. The van der Waals surface area contributed by atoms with Crippen LogP contribution in [0.1, 0.15) is 10.4 Å². The van der Waals surface area contributed by atoms with Gasteiger partial charge in [0.2, 0.25) is 0 Å². The largest absolute Gasteiger partial charge is 0.383 e. The number of nitrogens with two attached hydrogens (primary N) is 1. The molecule has 1 aromatic carbocycles. The summed E-state index contributed by atoms with van der Waals surface area (Å²) < 4.78 is 27.5. The third-order valence-electron chi connectivity index (χ3n) is 2.53. The van der Waals surface area contributed by atoms with Crippen molar-refractivity contribution in [2.24, 2.45) is 5.73 Å². The Balaban J connectivity index is 2.78. The first-order valence-corrected chi connectivity index (χ1v) is 7.57. The Labute approximate surface area is 112 Å². The van der Waals surface area contributed by atoms with Crippen molar-refractivity contribution in [2.75, 3.05) is 26.5 Å². The van der Waals surface area contributed by atoms with Crippen LogP contribution in [-0.2, 0) is 14.6 Å². The van der Waals surface area contributed by atoms with Crippen LogP contribution in [0.3, 0.4) is 0 Å². The van der Waals surface area contributed by atoms with E-state index < -0.39 is 9.84 Å². The predicted molar refractivity (Wildman–Crippen MR) is 71.7 cm³/mol. The maximum atomic E-state index is 11.9. The molecule has 1 aromatic rings. The molecule has 0 aliphatic heterocycles. The Morgan fingerprint density at radius 1 is 1.37 bits per heavy atom. The summed E-state index contributed by atoms with van der Waals surface area (Å²) in [5.41, 5.74) is 5.87. The zero-order valence-corrected chi connectivity index (χ0v) is 11.7. The quantitative estimate of drug-likeness (QED) is 0.754. The third-order valence-corrected chi connectivity index (χ3v) is 3.66. The van der Waals surface area contributed by atoms with Gasteiger partial charge in [0.05, 0.1) is 17.5 Å². The highest BCUT2D eigenvalue weighted by molar-refractivity contribution is 7.90. The third kappa shape index (κ3) is 4.62. The van der Waals surface area contributed by atoms with Crippen molar-refractivity contribution in [3.05, 3.63) is 29.8 Å². The van der Waals surface area contributed by atoms with E-state index in [0.717, 1.165) is 6.26 Å². The molecular weight excluding hydrogens is 268 g/mol. The number of methoxy groups -OCH3 is 1. The van der Waals surface area contributed by atoms with Crippen LogP contribution in [0.2, 0.25) is 0 Å². The standard InChI is InChI=1S/C12H18N2O4S/c1-18-8-10(7-13)14-12(15)9-3-5-11(6-4-9)19(2,16)17/h3-6,10H,7-8,13H2,1-2H3,(H,14,15). The number of ether oxygens (including phenoxy) is 1. The van der Waals surface area contributed by atoms with Crippen LogP contribution in [-0.4, -0.2) is 46.9 Å². The van der Waals surface area contributed by atoms with E-state index in [-0.39, 0.29) is 23.4 Å². The molecule has 6 nitrogen and oxygen atoms in total. The van der Waals surface area contributed by atoms with Crippen LogP contribution >= 0.6 is 0 Å². The van der Waals surface area contributed by atoms with Gasteiger partial charge in [-0.2, -0.15) is 0 Å². The molecular formula is C12H18N2O4S. The Kier molecular flexibility index (Phi) is 5.46. The topological polar surface area (TPSA) is 98.5 Å². The van der Waals surface area contributed by atoms with Crippen molar-refractivity contribution >= 4 is 15.7 Å². The van der Waals surface area contributed by atoms with E-state index in [1.165, 1.54) is 31.4 Å². The highest BCUT2D eigenvalue weighted by Gasteiger charge is 2.13. The highest BCUT2D eigenvalue weighted by Crippen LogP contribution is 2.10. The number of rotatable bonds is 6. The lowest BCUT2D eigenvalue weighted by Crippen LogP contribution is -2.43. The monoisotopic (exact) mass is 286 g/mol. The van der Waals surface area contributed by atoms with Crippen LogP contribution < -0.4 is 11.1 Å². The summed E-state index contributed by atoms with van der Waals surface area (Å²) in [5, 5.41) is 2.70. The number of hydrogen-bond donors (Lipinski definition) is 2. The smallest absolute Gasteiger partial charge is 0.251 e. The van der Waals surface area contributed by atoms with Gasteiger partial charge in [0.25, 0.3) is 5.91 Å². The molecule has 3 N–H and O–H groups in total. The van der Waals surface area contributed by atoms with Gasteiger partial charge in [-0.1, -0.05) is 0 Å². The van der Waals surface area contributed by atoms with Crippen LogP contribution in [0.4, 0.5) is 0 Å². The second-order valence-electron chi connectivity index (χ2n) is 4.16. The maximum absolute atomic E-state index is 11.9. The van der Waals surface area contributed by atoms with E-state index in [9.17, 15) is 13.2 Å². The van der Waals surface area contributed by atoms with E-state index in [4.69, 9.17) is 10.5 Å². The van der Waals surface area contributed by atoms with E-state index in [0.29, 0.717) is 12.2 Å². The summed E-state index contributed by atoms with van der Waals surface area (Å²) in [6.45, 7) is 0.588. The number of carbonyl (C=O) groups is 1. The van der Waals surface area contributed by atoms with Gasteiger partial charge in [0.1, 0.15) is 0 Å². The van der Waals surface area contributed by atoms with Crippen LogP contribution in [0, 0.1) is 0 Å². The predicted octanol–water partition coefficient (Wildman–Crippen LogP) is -0.206. The lowest BCUT2D eigenvalue weighted by atomic mass is 10.2. The van der Waals surface area contributed by atoms with Crippen LogP contribution in [0.5, 0.6) is 0 Å². The first-order chi connectivity index (χ1) is 8.88. The summed E-state index contributed by atoms with van der Waals surface area (Å²) in [5.74, 6) is -0.312. The van der Waals surface area contributed by atoms with Gasteiger partial charge in [-0.25, -0.2) is 8.42 Å². The molecule has 1 rings (SSSR count). The molecule has 0 fully saturated rings. The van der Waals surface area contributed by atoms with Gasteiger partial charge in [-0.15, -0.1) is 0 Å². The SMILES string of the molecule is COCC(CN)NC(=O)c1ccc(S(C)(=O)=O)cc1. The van der Waals surface area contributed by atoms with Crippen molar-refractivity contribution in [2.45, 2.75) is 10.9 Å². The molecule has 7 heteroatoms. The molecule has 106 valence electrons. The van der Waals surface area contributed by atoms with Gasteiger partial charge < -0.3 is 15.8 Å². The van der Waals surface area contributed by atoms with Crippen LogP contribution in [0.15, 0.2) is 29.2 Å². The molecule has 0 saturated heterocycles. The lowest BCUT2D eigenvalue weighted by Gasteiger charge is -2.15. The normalized spacial score (nSPS) is 13.0. The van der Waals surface area contributed by atoms with Gasteiger partial charge >= 0.3 is 0 Å². The molecule has 1 atom stereocenters. The molecule has 0 aromatic heterocycles. The Hall–Kier alpha value is -1.44. The van der Waals surface area contributed by atoms with Gasteiger partial charge in [0, 0.05) is 25.5 Å². The van der Waals surface area contributed by atoms with Gasteiger partial charge in [-0.3, -0.25) is 4.79 Å². The molecule has 0 aliphatic carbocycles. The number of hydrogen-bond acceptors (Lipinski definition) is 5. The molecule has 0 spiro atoms. The first kappa shape index (κ1) is 15.6. The molecule has 0 heterocycles. The van der Waals surface area contributed by atoms with Crippen molar-refractivity contribution in [3.8, 4) is 0 Å². The van der Waals surface area contributed by atoms with Gasteiger partial charge in [-0.05, 0) is 24.3 Å². The fourth-order valence-electron chi connectivity index (χ4n) is 1.49. The van der Waals surface area contributed by atoms with Crippen molar-refractivity contribution < 1.29 is 17.9 Å². The Morgan fingerprint density at radius 2 is 1.95 bits per heavy atom. The van der Waals surface area contributed by atoms with E-state index >= 15 is 0 Å². The lowest BCUT2D eigenvalue weighted by molar-refractivity contribution is 0.0900. The number of amides is 1. The van der Waals surface area contributed by atoms with Crippen molar-refractivity contribution in [3.63, 3.8) is 0 Å². The minimum Gasteiger partial charge on any atom is -0.383 e. The summed E-state index contributed by atoms with van der Waals surface area (Å²) in [6, 6.07) is 5.46. The van der Waals surface area contributed by atoms with Crippen molar-refractivity contribution in [1.82, 2.24) is 5.32 Å². The fourth-order valence-corrected chi connectivity index (χ4v) is 2.12. The fraction of sp³-hybridized carbons (Fsp3) is 0.417. The zero-order chi connectivity index (χ0) is 14.5. The number of benzene rings is 1. The molecule has 0 radical (unpaired) electrons. The summed E-state index contributed by atoms with van der Waals surface area (Å²) in [7, 11) is -1.73. The first-order valence-electron chi connectivity index (χ1n) is 5.68. The molecule has 0 saturated carbocycles. The van der Waals surface area contributed by atoms with E-state index in [1.807, 2.05) is 0 Å². The Bertz CT molecular complexity index is 525. The van der Waals surface area contributed by atoms with E-state index in [1.54, 1.807) is 0 Å². The average molecular weight is 286 g/mol. The molecule has 19 heavy (non-hydrogen) atoms. The molecule has 0 bridgehead atoms. The summed E-state index contributed by atoms with van der Waals surface area (Å²) in [4.78, 5) is 12.1. The average Bonchev–Trinajstić information content (AvgIpc) is 2.37. The van der Waals surface area contributed by atoms with E-state index in [2.05, 4.69) is 5.32 Å². The highest BCUT2D eigenvalue weighted by atomic mass is 32.2. The summed E-state index contributed by atoms with van der Waals surface area (Å²) >= 11 is 0.